The van der Waals surface area contributed by atoms with E-state index in [1.54, 1.807) is 18.2 Å². The second kappa shape index (κ2) is 14.2. The Balaban J connectivity index is 1.49. The van der Waals surface area contributed by atoms with E-state index in [9.17, 15) is 34.3 Å². The summed E-state index contributed by atoms with van der Waals surface area (Å²) in [5.41, 5.74) is 1.36. The number of hydrogen-bond donors (Lipinski definition) is 4. The normalized spacial score (nSPS) is 12.4. The lowest BCUT2D eigenvalue weighted by Gasteiger charge is -2.17. The van der Waals surface area contributed by atoms with Crippen LogP contribution in [0.1, 0.15) is 46.4 Å². The van der Waals surface area contributed by atoms with Crippen LogP contribution in [0.4, 0.5) is 0 Å². The van der Waals surface area contributed by atoms with E-state index < -0.39 is 20.1 Å². The summed E-state index contributed by atoms with van der Waals surface area (Å²) < 4.78 is 26.6. The number of rotatable bonds is 14. The molecule has 1 amide bonds. The van der Waals surface area contributed by atoms with Gasteiger partial charge in [-0.25, -0.2) is 4.79 Å². The molecule has 2 aliphatic rings. The van der Waals surface area contributed by atoms with Gasteiger partial charge in [-0.05, 0) is 67.1 Å². The molecule has 0 radical (unpaired) electrons. The fraction of sp³-hybridized carbons (Fsp3) is 0.300. The van der Waals surface area contributed by atoms with E-state index in [0.29, 0.717) is 47.9 Å². The van der Waals surface area contributed by atoms with Gasteiger partial charge in [0.15, 0.2) is 5.43 Å². The zero-order valence-electron chi connectivity index (χ0n) is 22.9. The molecule has 42 heavy (non-hydrogen) atoms. The largest absolute Gasteiger partial charge is 0.697 e. The number of aliphatic hydroxyl groups excluding tert-OH is 1. The smallest absolute Gasteiger partial charge is 0.508 e. The van der Waals surface area contributed by atoms with Crippen LogP contribution in [0.2, 0.25) is 0 Å². The maximum Gasteiger partial charge on any atom is 0.697 e. The Labute approximate surface area is 242 Å². The number of carbonyl (C=O) groups excluding carboxylic acids is 1. The molecule has 0 saturated heterocycles. The molecule has 2 aromatic carbocycles. The van der Waals surface area contributed by atoms with Crippen molar-refractivity contribution in [3.05, 3.63) is 75.9 Å². The molecule has 220 valence electrons. The minimum Gasteiger partial charge on any atom is -0.508 e. The lowest BCUT2D eigenvalue weighted by Crippen LogP contribution is -2.25. The van der Waals surface area contributed by atoms with Crippen LogP contribution in [-0.4, -0.2) is 54.1 Å². The molecular formula is C30H31NO10P+. The van der Waals surface area contributed by atoms with E-state index in [-0.39, 0.29) is 52.8 Å². The number of nitrogens with one attached hydrogen (secondary N) is 1. The van der Waals surface area contributed by atoms with Crippen LogP contribution in [0.15, 0.2) is 63.8 Å². The lowest BCUT2D eigenvalue weighted by atomic mass is 9.90. The summed E-state index contributed by atoms with van der Waals surface area (Å²) in [7, 11) is -0.857. The number of benzene rings is 3. The predicted octanol–water partition coefficient (Wildman–Crippen LogP) is 5.19. The molecule has 4 rings (SSSR count). The average molecular weight is 597 g/mol. The molecule has 4 N–H and O–H groups in total. The van der Waals surface area contributed by atoms with Gasteiger partial charge in [0.25, 0.3) is 5.91 Å². The number of hydrogen-bond acceptors (Lipinski definition) is 9. The van der Waals surface area contributed by atoms with Gasteiger partial charge < -0.3 is 25.1 Å². The summed E-state index contributed by atoms with van der Waals surface area (Å²) in [6.07, 6.45) is 2.57. The zero-order chi connectivity index (χ0) is 30.2. The number of phenols is 1. The standard InChI is InChI=1S/C30H30NO10P/c1-39-42(38)40-13-11-18(17-32)4-2-3-12-31-29(35)19-5-8-22(25(14-19)30(36)37)28-23-9-6-20(33)15-26(23)41-27-16-21(34)7-10-24(27)28/h5-10,14-16,18,32H,2-4,11-13,17H2,1H3,(H2-,31,33,34,35,36,37)/p+1. The van der Waals surface area contributed by atoms with E-state index in [1.807, 2.05) is 0 Å². The number of aromatic hydroxyl groups is 1. The Morgan fingerprint density at radius 2 is 1.81 bits per heavy atom. The van der Waals surface area contributed by atoms with Crippen molar-refractivity contribution in [2.75, 3.05) is 26.9 Å². The van der Waals surface area contributed by atoms with Gasteiger partial charge in [-0.2, -0.15) is 0 Å². The van der Waals surface area contributed by atoms with Crippen molar-refractivity contribution in [3.63, 3.8) is 0 Å². The van der Waals surface area contributed by atoms with Crippen LogP contribution in [0.25, 0.3) is 33.4 Å². The van der Waals surface area contributed by atoms with Crippen LogP contribution in [0.3, 0.4) is 0 Å². The molecule has 0 bridgehead atoms. The van der Waals surface area contributed by atoms with Crippen LogP contribution < -0.4 is 10.7 Å². The molecule has 2 aromatic rings. The highest BCUT2D eigenvalue weighted by Crippen LogP contribution is 2.42. The van der Waals surface area contributed by atoms with Gasteiger partial charge in [0.05, 0.1) is 12.7 Å². The minimum absolute atomic E-state index is 0.0335. The zero-order valence-corrected chi connectivity index (χ0v) is 23.8. The lowest BCUT2D eigenvalue weighted by molar-refractivity contribution is 0.0697. The molecule has 1 heterocycles. The number of aliphatic hydroxyl groups is 1. The number of carboxylic acids is 1. The first-order valence-corrected chi connectivity index (χ1v) is 14.4. The first-order chi connectivity index (χ1) is 20.2. The Morgan fingerprint density at radius 3 is 2.55 bits per heavy atom. The van der Waals surface area contributed by atoms with Crippen molar-refractivity contribution in [1.82, 2.24) is 5.32 Å². The Hall–Kier alpha value is -4.15. The summed E-state index contributed by atoms with van der Waals surface area (Å²) >= 11 is 0. The monoisotopic (exact) mass is 596 g/mol. The SMILES string of the molecule is CO[P+](=O)OCCC(CO)CCCCNC(=O)c1ccc(-c2c3ccc(=O)cc-3oc3cc(O)ccc23)c(C(=O)O)c1. The number of amides is 1. The molecule has 1 aliphatic carbocycles. The first-order valence-electron chi connectivity index (χ1n) is 13.3. The quantitative estimate of drug-likeness (QED) is 0.0862. The summed E-state index contributed by atoms with van der Waals surface area (Å²) in [5.74, 6) is -1.53. The van der Waals surface area contributed by atoms with Gasteiger partial charge in [0.2, 0.25) is 0 Å². The van der Waals surface area contributed by atoms with E-state index in [0.717, 1.165) is 6.42 Å². The summed E-state index contributed by atoms with van der Waals surface area (Å²) in [6.45, 7) is 0.519. The number of fused-ring (bicyclic) bond motifs is 2. The molecule has 0 aromatic heterocycles. The molecule has 12 heteroatoms. The molecule has 2 unspecified atom stereocenters. The molecule has 0 saturated carbocycles. The average Bonchev–Trinajstić information content (AvgIpc) is 2.98. The number of phenolic OH excluding ortho intramolecular Hbond substituents is 1. The third-order valence-corrected chi connectivity index (χ3v) is 7.60. The van der Waals surface area contributed by atoms with Crippen molar-refractivity contribution in [1.29, 1.82) is 0 Å². The van der Waals surface area contributed by atoms with E-state index >= 15 is 0 Å². The van der Waals surface area contributed by atoms with E-state index in [1.165, 1.54) is 43.5 Å². The number of aromatic carboxylic acids is 1. The van der Waals surface area contributed by atoms with Gasteiger partial charge in [-0.1, -0.05) is 12.5 Å². The third kappa shape index (κ3) is 7.37. The second-order valence-electron chi connectivity index (χ2n) is 9.71. The van der Waals surface area contributed by atoms with Crippen LogP contribution in [-0.2, 0) is 13.6 Å². The van der Waals surface area contributed by atoms with Crippen molar-refractivity contribution < 1.29 is 42.9 Å². The van der Waals surface area contributed by atoms with E-state index in [2.05, 4.69) is 9.84 Å². The highest BCUT2D eigenvalue weighted by Gasteiger charge is 2.23. The predicted molar refractivity (Wildman–Crippen MR) is 155 cm³/mol. The molecule has 11 nitrogen and oxygen atoms in total. The Morgan fingerprint density at radius 1 is 1.02 bits per heavy atom. The topological polar surface area (TPSA) is 173 Å². The highest BCUT2D eigenvalue weighted by atomic mass is 31.1. The summed E-state index contributed by atoms with van der Waals surface area (Å²) in [4.78, 5) is 37.3. The molecule has 0 spiro atoms. The number of unbranched alkanes of at least 4 members (excludes halogenated alkanes) is 1. The van der Waals surface area contributed by atoms with Gasteiger partial charge in [0.1, 0.15) is 23.7 Å². The Bertz CT molecular complexity index is 1630. The summed E-state index contributed by atoms with van der Waals surface area (Å²) in [5, 5.41) is 32.9. The molecular weight excluding hydrogens is 565 g/mol. The van der Waals surface area contributed by atoms with Gasteiger partial charge >= 0.3 is 14.2 Å². The third-order valence-electron chi connectivity index (χ3n) is 6.91. The maximum atomic E-state index is 12.9. The number of carboxylic acid groups (broad SMARTS) is 1. The van der Waals surface area contributed by atoms with Gasteiger partial charge in [-0.15, -0.1) is 9.05 Å². The first kappa shape index (κ1) is 30.8. The molecule has 0 fully saturated rings. The minimum atomic E-state index is -2.14. The van der Waals surface area contributed by atoms with Crippen LogP contribution in [0, 0.1) is 5.92 Å². The highest BCUT2D eigenvalue weighted by molar-refractivity contribution is 7.33. The second-order valence-corrected chi connectivity index (χ2v) is 10.8. The summed E-state index contributed by atoms with van der Waals surface area (Å²) in [6, 6.07) is 13.1. The fourth-order valence-corrected chi connectivity index (χ4v) is 5.13. The Kier molecular flexibility index (Phi) is 10.4. The van der Waals surface area contributed by atoms with E-state index in [4.69, 9.17) is 8.94 Å². The van der Waals surface area contributed by atoms with Crippen molar-refractivity contribution in [2.24, 2.45) is 5.92 Å². The van der Waals surface area contributed by atoms with Crippen LogP contribution >= 0.6 is 8.25 Å². The van der Waals surface area contributed by atoms with Gasteiger partial charge in [-0.3, -0.25) is 9.59 Å². The van der Waals surface area contributed by atoms with Crippen molar-refractivity contribution in [2.45, 2.75) is 25.7 Å². The fourth-order valence-electron chi connectivity index (χ4n) is 4.77. The maximum absolute atomic E-state index is 12.9. The molecule has 2 atom stereocenters. The number of carbonyl (C=O) groups is 2. The molecule has 1 aliphatic heterocycles. The van der Waals surface area contributed by atoms with Crippen molar-refractivity contribution >= 4 is 31.1 Å². The van der Waals surface area contributed by atoms with Crippen molar-refractivity contribution in [3.8, 4) is 28.2 Å². The van der Waals surface area contributed by atoms with Crippen LogP contribution in [0.5, 0.6) is 5.75 Å². The van der Waals surface area contributed by atoms with Gasteiger partial charge in [0, 0.05) is 51.9 Å².